The van der Waals surface area contributed by atoms with Crippen molar-refractivity contribution in [2.24, 2.45) is 0 Å². The van der Waals surface area contributed by atoms with Gasteiger partial charge in [0.2, 0.25) is 0 Å². The van der Waals surface area contributed by atoms with Crippen LogP contribution in [-0.2, 0) is 9.31 Å². The number of para-hydroxylation sites is 2. The fourth-order valence-electron chi connectivity index (χ4n) is 5.31. The van der Waals surface area contributed by atoms with E-state index in [-0.39, 0.29) is 11.2 Å². The molecule has 0 radical (unpaired) electrons. The van der Waals surface area contributed by atoms with Crippen molar-refractivity contribution >= 4 is 53.2 Å². The summed E-state index contributed by atoms with van der Waals surface area (Å²) >= 11 is 3.89. The third kappa shape index (κ3) is 2.89. The molecule has 3 aromatic rings. The maximum Gasteiger partial charge on any atom is 0.496 e. The van der Waals surface area contributed by atoms with Gasteiger partial charge in [0.05, 0.1) is 27.8 Å². The van der Waals surface area contributed by atoms with E-state index in [2.05, 4.69) is 105 Å². The molecule has 2 unspecified atom stereocenters. The second-order valence-corrected chi connectivity index (χ2v) is 12.7. The molecule has 1 saturated heterocycles. The minimum absolute atomic E-state index is 0.381. The summed E-state index contributed by atoms with van der Waals surface area (Å²) in [5, 5.41) is 0.782. The summed E-state index contributed by atoms with van der Waals surface area (Å²) in [6, 6.07) is 21.9. The third-order valence-electron chi connectivity index (χ3n) is 7.76. The van der Waals surface area contributed by atoms with Crippen molar-refractivity contribution in [2.45, 2.75) is 59.2 Å². The van der Waals surface area contributed by atoms with Gasteiger partial charge >= 0.3 is 7.12 Å². The van der Waals surface area contributed by atoms with Gasteiger partial charge in [0.1, 0.15) is 0 Å². The lowest BCUT2D eigenvalue weighted by Crippen LogP contribution is -2.41. The lowest BCUT2D eigenvalue weighted by molar-refractivity contribution is 0.00578. The van der Waals surface area contributed by atoms with Gasteiger partial charge in [0, 0.05) is 20.7 Å². The first-order valence-corrected chi connectivity index (χ1v) is 13.6. The number of nitrogens with zero attached hydrogens (tertiary/aromatic N) is 1. The molecule has 2 atom stereocenters. The molecule has 1 fully saturated rings. The Morgan fingerprint density at radius 3 is 2.29 bits per heavy atom. The van der Waals surface area contributed by atoms with E-state index >= 15 is 0 Å². The number of fused-ring (bicyclic) bond motifs is 8. The molecule has 170 valence electrons. The van der Waals surface area contributed by atoms with Gasteiger partial charge in [-0.15, -0.1) is 11.8 Å². The summed E-state index contributed by atoms with van der Waals surface area (Å²) in [4.78, 5) is 4.97. The Balaban J connectivity index is 1.51. The monoisotopic (exact) mass is 483 g/mol. The number of thioether (sulfide) groups is 1. The average molecular weight is 483 g/mol. The summed E-state index contributed by atoms with van der Waals surface area (Å²) in [5.41, 5.74) is 6.94. The van der Waals surface area contributed by atoms with Gasteiger partial charge in [0.25, 0.3) is 0 Å². The first-order valence-electron chi connectivity index (χ1n) is 11.9. The van der Waals surface area contributed by atoms with Crippen molar-refractivity contribution in [1.82, 2.24) is 0 Å². The van der Waals surface area contributed by atoms with Gasteiger partial charge in [-0.3, -0.25) is 0 Å². The first kappa shape index (κ1) is 21.2. The minimum Gasteiger partial charge on any atom is -0.399 e. The van der Waals surface area contributed by atoms with E-state index in [0.29, 0.717) is 10.5 Å². The highest BCUT2D eigenvalue weighted by atomic mass is 32.2. The molecular weight excluding hydrogens is 457 g/mol. The minimum atomic E-state index is -0.396. The molecule has 3 aromatic carbocycles. The number of anilines is 3. The SMILES string of the molecule is CC1(C)OB(c2cc3c(c4c2Sc2ccccc2N4c2ccccc2)C2C=CC3S2)OC1(C)C. The zero-order valence-electron chi connectivity index (χ0n) is 19.7. The fraction of sp³-hybridized carbons (Fsp3) is 0.286. The number of benzene rings is 3. The van der Waals surface area contributed by atoms with E-state index in [1.807, 2.05) is 23.5 Å². The van der Waals surface area contributed by atoms with Crippen LogP contribution in [0.15, 0.2) is 82.6 Å². The summed E-state index contributed by atoms with van der Waals surface area (Å²) in [5.74, 6) is 0. The number of rotatable bonds is 2. The van der Waals surface area contributed by atoms with Crippen LogP contribution >= 0.6 is 23.5 Å². The van der Waals surface area contributed by atoms with E-state index in [4.69, 9.17) is 9.31 Å². The zero-order chi connectivity index (χ0) is 23.2. The highest BCUT2D eigenvalue weighted by Gasteiger charge is 2.54. The van der Waals surface area contributed by atoms with Crippen LogP contribution in [0.2, 0.25) is 0 Å². The third-order valence-corrected chi connectivity index (χ3v) is 10.4. The van der Waals surface area contributed by atoms with Gasteiger partial charge in [-0.1, -0.05) is 60.3 Å². The van der Waals surface area contributed by atoms with Crippen LogP contribution in [-0.4, -0.2) is 18.3 Å². The van der Waals surface area contributed by atoms with Crippen LogP contribution in [0.5, 0.6) is 0 Å². The average Bonchev–Trinajstić information content (AvgIpc) is 3.49. The highest BCUT2D eigenvalue weighted by molar-refractivity contribution is 8.01. The van der Waals surface area contributed by atoms with E-state index in [9.17, 15) is 0 Å². The quantitative estimate of drug-likeness (QED) is 0.219. The second kappa shape index (κ2) is 7.20. The molecule has 0 aromatic heterocycles. The Morgan fingerprint density at radius 2 is 1.53 bits per heavy atom. The lowest BCUT2D eigenvalue weighted by atomic mass is 9.75. The van der Waals surface area contributed by atoms with Gasteiger partial charge in [-0.25, -0.2) is 0 Å². The summed E-state index contributed by atoms with van der Waals surface area (Å²) in [6.07, 6.45) is 4.73. The molecule has 4 aliphatic heterocycles. The van der Waals surface area contributed by atoms with Crippen molar-refractivity contribution in [3.8, 4) is 0 Å². The molecule has 4 heterocycles. The van der Waals surface area contributed by atoms with E-state index in [1.54, 1.807) is 0 Å². The van der Waals surface area contributed by atoms with Gasteiger partial charge < -0.3 is 14.2 Å². The van der Waals surface area contributed by atoms with Crippen LogP contribution in [0.4, 0.5) is 17.1 Å². The second-order valence-electron chi connectivity index (χ2n) is 10.3. The predicted molar refractivity (Wildman–Crippen MR) is 143 cm³/mol. The molecule has 4 aliphatic rings. The van der Waals surface area contributed by atoms with Gasteiger partial charge in [-0.2, -0.15) is 0 Å². The number of hydrogen-bond acceptors (Lipinski definition) is 5. The summed E-state index contributed by atoms with van der Waals surface area (Å²) in [6.45, 7) is 8.52. The Labute approximate surface area is 210 Å². The van der Waals surface area contributed by atoms with Crippen LogP contribution < -0.4 is 10.4 Å². The molecule has 0 aliphatic carbocycles. The summed E-state index contributed by atoms with van der Waals surface area (Å²) < 4.78 is 13.2. The Kier molecular flexibility index (Phi) is 4.49. The molecular formula is C28H26BNO2S2. The molecule has 7 rings (SSSR count). The number of hydrogen-bond donors (Lipinski definition) is 0. The lowest BCUT2D eigenvalue weighted by Gasteiger charge is -2.37. The van der Waals surface area contributed by atoms with Crippen molar-refractivity contribution < 1.29 is 9.31 Å². The Bertz CT molecular complexity index is 1340. The topological polar surface area (TPSA) is 21.7 Å². The van der Waals surface area contributed by atoms with Crippen LogP contribution in [0.3, 0.4) is 0 Å². The fourth-order valence-corrected chi connectivity index (χ4v) is 7.92. The van der Waals surface area contributed by atoms with E-state index in [0.717, 1.165) is 5.46 Å². The standard InChI is InChI=1S/C28H26BNO2S2/c1-27(2)28(3,4)32-29(31-27)19-16-18-21-14-15-23(33-21)24(18)25-26(19)34-22-13-9-8-12-20(22)30(25)17-10-6-5-7-11-17/h5-16,21,23H,1-4H3. The van der Waals surface area contributed by atoms with Gasteiger partial charge in [-0.05, 0) is 68.6 Å². The molecule has 0 spiro atoms. The smallest absolute Gasteiger partial charge is 0.399 e. The molecule has 0 amide bonds. The van der Waals surface area contributed by atoms with E-state index < -0.39 is 7.12 Å². The maximum absolute atomic E-state index is 6.61. The normalized spacial score (nSPS) is 24.8. The highest BCUT2D eigenvalue weighted by Crippen LogP contribution is 2.63. The molecule has 3 nitrogen and oxygen atoms in total. The van der Waals surface area contributed by atoms with Crippen molar-refractivity contribution in [3.05, 3.63) is 83.9 Å². The van der Waals surface area contributed by atoms with Crippen molar-refractivity contribution in [1.29, 1.82) is 0 Å². The Hall–Kier alpha value is -2.12. The molecule has 34 heavy (non-hydrogen) atoms. The zero-order valence-corrected chi connectivity index (χ0v) is 21.4. The van der Waals surface area contributed by atoms with Crippen molar-refractivity contribution in [2.75, 3.05) is 4.90 Å². The predicted octanol–water partition coefficient (Wildman–Crippen LogP) is 7.32. The largest absolute Gasteiger partial charge is 0.496 e. The first-order chi connectivity index (χ1) is 16.3. The molecule has 6 heteroatoms. The van der Waals surface area contributed by atoms with Crippen LogP contribution in [0.1, 0.15) is 49.3 Å². The molecule has 0 saturated carbocycles. The van der Waals surface area contributed by atoms with Crippen LogP contribution in [0.25, 0.3) is 0 Å². The molecule has 2 bridgehead atoms. The Morgan fingerprint density at radius 1 is 0.853 bits per heavy atom. The summed E-state index contributed by atoms with van der Waals surface area (Å²) in [7, 11) is -0.396. The van der Waals surface area contributed by atoms with E-state index in [1.165, 1.54) is 38.0 Å². The molecule has 0 N–H and O–H groups in total. The van der Waals surface area contributed by atoms with Crippen LogP contribution in [0, 0.1) is 0 Å². The van der Waals surface area contributed by atoms with Gasteiger partial charge in [0.15, 0.2) is 0 Å². The maximum atomic E-state index is 6.61. The van der Waals surface area contributed by atoms with Crippen molar-refractivity contribution in [3.63, 3.8) is 0 Å².